The van der Waals surface area contributed by atoms with Crippen molar-refractivity contribution >= 4 is 11.9 Å². The van der Waals surface area contributed by atoms with Crippen LogP contribution >= 0.6 is 0 Å². The summed E-state index contributed by atoms with van der Waals surface area (Å²) >= 11 is 0. The zero-order valence-corrected chi connectivity index (χ0v) is 9.47. The lowest BCUT2D eigenvalue weighted by molar-refractivity contribution is 0.112. The van der Waals surface area contributed by atoms with Gasteiger partial charge in [0.1, 0.15) is 5.82 Å². The predicted molar refractivity (Wildman–Crippen MR) is 63.2 cm³/mol. The lowest BCUT2D eigenvalue weighted by Gasteiger charge is -2.21. The van der Waals surface area contributed by atoms with Crippen molar-refractivity contribution in [1.29, 1.82) is 0 Å². The fourth-order valence-corrected chi connectivity index (χ4v) is 2.35. The van der Waals surface area contributed by atoms with E-state index in [1.54, 1.807) is 6.07 Å². The average molecular weight is 230 g/mol. The fourth-order valence-electron chi connectivity index (χ4n) is 2.35. The van der Waals surface area contributed by atoms with Crippen LogP contribution in [0.3, 0.4) is 0 Å². The Labute approximate surface area is 98.9 Å². The first kappa shape index (κ1) is 10.4. The summed E-state index contributed by atoms with van der Waals surface area (Å²) in [6.45, 7) is 2.01. The van der Waals surface area contributed by atoms with E-state index in [1.807, 2.05) is 16.7 Å². The van der Waals surface area contributed by atoms with Crippen molar-refractivity contribution in [1.82, 2.24) is 19.9 Å². The Bertz CT molecular complexity index is 542. The minimum atomic E-state index is 0.389. The van der Waals surface area contributed by atoms with Crippen LogP contribution in [0, 0.1) is 0 Å². The number of nitrogens with one attached hydrogen (secondary N) is 1. The van der Waals surface area contributed by atoms with Crippen LogP contribution in [0.1, 0.15) is 34.9 Å². The molecule has 0 aromatic carbocycles. The zero-order chi connectivity index (χ0) is 11.7. The zero-order valence-electron chi connectivity index (χ0n) is 9.47. The number of carbonyl (C=O) groups is 1. The Morgan fingerprint density at radius 3 is 3.12 bits per heavy atom. The summed E-state index contributed by atoms with van der Waals surface area (Å²) in [4.78, 5) is 10.8. The molecule has 0 saturated carbocycles. The third-order valence-corrected chi connectivity index (χ3v) is 3.25. The van der Waals surface area contributed by atoms with Crippen molar-refractivity contribution in [2.24, 2.45) is 0 Å². The molecule has 0 spiro atoms. The molecule has 88 valence electrons. The lowest BCUT2D eigenvalue weighted by Crippen LogP contribution is -2.29. The molecule has 17 heavy (non-hydrogen) atoms. The Hall–Kier alpha value is -1.75. The summed E-state index contributed by atoms with van der Waals surface area (Å²) in [5, 5.41) is 11.8. The maximum atomic E-state index is 10.8. The van der Waals surface area contributed by atoms with Crippen molar-refractivity contribution in [3.63, 3.8) is 0 Å². The van der Waals surface area contributed by atoms with Gasteiger partial charge in [0, 0.05) is 24.2 Å². The van der Waals surface area contributed by atoms with Gasteiger partial charge < -0.3 is 5.32 Å². The van der Waals surface area contributed by atoms with E-state index >= 15 is 0 Å². The molecule has 0 aliphatic carbocycles. The molecule has 1 saturated heterocycles. The summed E-state index contributed by atoms with van der Waals surface area (Å²) in [6.07, 6.45) is 4.95. The van der Waals surface area contributed by atoms with Crippen LogP contribution in [0.2, 0.25) is 0 Å². The number of aromatic nitrogens is 3. The summed E-state index contributed by atoms with van der Waals surface area (Å²) in [7, 11) is 0. The molecule has 2 aromatic rings. The van der Waals surface area contributed by atoms with Gasteiger partial charge in [-0.1, -0.05) is 0 Å². The van der Waals surface area contributed by atoms with Crippen LogP contribution in [-0.4, -0.2) is 34.0 Å². The highest BCUT2D eigenvalue weighted by Crippen LogP contribution is 2.22. The molecule has 1 aliphatic heterocycles. The van der Waals surface area contributed by atoms with Crippen LogP contribution in [0.25, 0.3) is 5.65 Å². The molecule has 5 nitrogen and oxygen atoms in total. The number of fused-ring (bicyclic) bond motifs is 1. The number of piperidine rings is 1. The molecule has 0 bridgehead atoms. The first-order chi connectivity index (χ1) is 8.38. The van der Waals surface area contributed by atoms with Gasteiger partial charge in [0.25, 0.3) is 0 Å². The first-order valence-corrected chi connectivity index (χ1v) is 5.89. The number of carbonyl (C=O) groups excluding carboxylic acids is 1. The van der Waals surface area contributed by atoms with E-state index in [1.165, 1.54) is 0 Å². The summed E-state index contributed by atoms with van der Waals surface area (Å²) in [5.41, 5.74) is 1.46. The topological polar surface area (TPSA) is 59.3 Å². The molecule has 3 heterocycles. The quantitative estimate of drug-likeness (QED) is 0.782. The Morgan fingerprint density at radius 1 is 1.41 bits per heavy atom. The number of hydrogen-bond acceptors (Lipinski definition) is 4. The molecule has 1 atom stereocenters. The summed E-state index contributed by atoms with van der Waals surface area (Å²) < 4.78 is 1.93. The van der Waals surface area contributed by atoms with Crippen LogP contribution in [0.5, 0.6) is 0 Å². The molecule has 2 aromatic heterocycles. The maximum Gasteiger partial charge on any atom is 0.160 e. The molecule has 0 amide bonds. The van der Waals surface area contributed by atoms with Crippen molar-refractivity contribution in [3.05, 3.63) is 29.7 Å². The van der Waals surface area contributed by atoms with E-state index in [0.29, 0.717) is 11.5 Å². The van der Waals surface area contributed by atoms with Crippen LogP contribution in [0.15, 0.2) is 18.3 Å². The van der Waals surface area contributed by atoms with Gasteiger partial charge in [0.15, 0.2) is 11.9 Å². The SMILES string of the molecule is O=Cc1ccc2nnc(C3CCCNC3)n2c1. The van der Waals surface area contributed by atoms with Crippen LogP contribution < -0.4 is 5.32 Å². The lowest BCUT2D eigenvalue weighted by atomic mass is 9.99. The van der Waals surface area contributed by atoms with Crippen LogP contribution in [0.4, 0.5) is 0 Å². The van der Waals surface area contributed by atoms with Gasteiger partial charge in [-0.3, -0.25) is 9.20 Å². The number of hydrogen-bond donors (Lipinski definition) is 1. The highest BCUT2D eigenvalue weighted by Gasteiger charge is 2.20. The predicted octanol–water partition coefficient (Wildman–Crippen LogP) is 1.01. The normalized spacial score (nSPS) is 20.6. The molecular formula is C12H14N4O. The number of rotatable bonds is 2. The van der Waals surface area contributed by atoms with Crippen LogP contribution in [-0.2, 0) is 0 Å². The van der Waals surface area contributed by atoms with E-state index in [-0.39, 0.29) is 0 Å². The third-order valence-electron chi connectivity index (χ3n) is 3.25. The number of nitrogens with zero attached hydrogens (tertiary/aromatic N) is 3. The fraction of sp³-hybridized carbons (Fsp3) is 0.417. The molecule has 1 unspecified atom stereocenters. The van der Waals surface area contributed by atoms with Crippen molar-refractivity contribution in [3.8, 4) is 0 Å². The number of pyridine rings is 1. The molecule has 0 radical (unpaired) electrons. The second-order valence-electron chi connectivity index (χ2n) is 4.41. The highest BCUT2D eigenvalue weighted by atomic mass is 16.1. The first-order valence-electron chi connectivity index (χ1n) is 5.89. The minimum absolute atomic E-state index is 0.389. The smallest absolute Gasteiger partial charge is 0.160 e. The van der Waals surface area contributed by atoms with E-state index in [9.17, 15) is 4.79 Å². The second kappa shape index (κ2) is 4.25. The number of aldehydes is 1. The Morgan fingerprint density at radius 2 is 2.35 bits per heavy atom. The maximum absolute atomic E-state index is 10.8. The van der Waals surface area contributed by atoms with Gasteiger partial charge in [-0.05, 0) is 31.5 Å². The Balaban J connectivity index is 2.05. The molecule has 5 heteroatoms. The largest absolute Gasteiger partial charge is 0.316 e. The van der Waals surface area contributed by atoms with Crippen molar-refractivity contribution in [2.75, 3.05) is 13.1 Å². The van der Waals surface area contributed by atoms with E-state index in [2.05, 4.69) is 15.5 Å². The average Bonchev–Trinajstić information content (AvgIpc) is 2.82. The standard InChI is InChI=1S/C12H14N4O/c17-8-9-3-4-11-14-15-12(16(11)7-9)10-2-1-5-13-6-10/h3-4,7-8,10,13H,1-2,5-6H2. The van der Waals surface area contributed by atoms with Crippen molar-refractivity contribution < 1.29 is 4.79 Å². The Kier molecular flexibility index (Phi) is 2.60. The summed E-state index contributed by atoms with van der Waals surface area (Å²) in [5.74, 6) is 1.34. The van der Waals surface area contributed by atoms with Gasteiger partial charge in [0.2, 0.25) is 0 Å². The van der Waals surface area contributed by atoms with Gasteiger partial charge >= 0.3 is 0 Å². The third kappa shape index (κ3) is 1.82. The summed E-state index contributed by atoms with van der Waals surface area (Å²) in [6, 6.07) is 3.59. The van der Waals surface area contributed by atoms with E-state index in [0.717, 1.165) is 43.7 Å². The second-order valence-corrected chi connectivity index (χ2v) is 4.41. The molecule has 1 aliphatic rings. The van der Waals surface area contributed by atoms with Gasteiger partial charge in [0.05, 0.1) is 0 Å². The van der Waals surface area contributed by atoms with Crippen molar-refractivity contribution in [2.45, 2.75) is 18.8 Å². The monoisotopic (exact) mass is 230 g/mol. The van der Waals surface area contributed by atoms with Gasteiger partial charge in [-0.2, -0.15) is 0 Å². The molecule has 3 rings (SSSR count). The highest BCUT2D eigenvalue weighted by molar-refractivity contribution is 5.74. The molecular weight excluding hydrogens is 216 g/mol. The van der Waals surface area contributed by atoms with Gasteiger partial charge in [-0.15, -0.1) is 10.2 Å². The van der Waals surface area contributed by atoms with Gasteiger partial charge in [-0.25, -0.2) is 0 Å². The minimum Gasteiger partial charge on any atom is -0.316 e. The molecule has 1 fully saturated rings. The van der Waals surface area contributed by atoms with E-state index in [4.69, 9.17) is 0 Å². The van der Waals surface area contributed by atoms with E-state index < -0.39 is 0 Å². The molecule has 1 N–H and O–H groups in total.